The highest BCUT2D eigenvalue weighted by atomic mass is 127. The predicted octanol–water partition coefficient (Wildman–Crippen LogP) is 3.18. The zero-order valence-electron chi connectivity index (χ0n) is 10.0. The van der Waals surface area contributed by atoms with Crippen LogP contribution in [0.1, 0.15) is 12.0 Å². The molecule has 2 aromatic rings. The zero-order chi connectivity index (χ0) is 12.2. The molecule has 3 rings (SSSR count). The Balaban J connectivity index is 2.37. The third-order valence-corrected chi connectivity index (χ3v) is 4.89. The highest BCUT2D eigenvalue weighted by molar-refractivity contribution is 14.2. The summed E-state index contributed by atoms with van der Waals surface area (Å²) in [6, 6.07) is 19.1. The number of benzene rings is 2. The van der Waals surface area contributed by atoms with Gasteiger partial charge in [-0.25, -0.2) is 3.15 Å². The summed E-state index contributed by atoms with van der Waals surface area (Å²) < 4.78 is 6.14. The molecular weight excluding hydrogens is 333 g/mol. The van der Waals surface area contributed by atoms with Gasteiger partial charge in [-0.1, -0.05) is 60.7 Å². The van der Waals surface area contributed by atoms with Crippen molar-refractivity contribution in [2.75, 3.05) is 4.43 Å². The molecule has 0 saturated carbocycles. The van der Waals surface area contributed by atoms with Crippen LogP contribution in [0.4, 0.5) is 0 Å². The van der Waals surface area contributed by atoms with E-state index in [1.165, 1.54) is 26.1 Å². The predicted molar refractivity (Wildman–Crippen MR) is 85.0 cm³/mol. The summed E-state index contributed by atoms with van der Waals surface area (Å²) in [4.78, 5) is 0. The van der Waals surface area contributed by atoms with Crippen LogP contribution in [-0.2, 0) is 0 Å². The summed E-state index contributed by atoms with van der Waals surface area (Å²) in [6.07, 6.45) is 3.52. The quantitative estimate of drug-likeness (QED) is 0.555. The van der Waals surface area contributed by atoms with Gasteiger partial charge in [-0.3, -0.25) is 0 Å². The van der Waals surface area contributed by atoms with Gasteiger partial charge in [0.1, 0.15) is 0 Å². The molecule has 90 valence electrons. The van der Waals surface area contributed by atoms with Crippen molar-refractivity contribution in [1.82, 2.24) is 0 Å². The van der Waals surface area contributed by atoms with Crippen molar-refractivity contribution < 1.29 is 0 Å². The van der Waals surface area contributed by atoms with E-state index in [1.54, 1.807) is 0 Å². The molecule has 0 N–H and O–H groups in total. The van der Waals surface area contributed by atoms with E-state index in [9.17, 15) is 0 Å². The number of hydrogen-bond donors (Lipinski definition) is 0. The molecule has 2 heteroatoms. The lowest BCUT2D eigenvalue weighted by Gasteiger charge is -2.04. The monoisotopic (exact) mass is 347 g/mol. The van der Waals surface area contributed by atoms with Gasteiger partial charge >= 0.3 is 0 Å². The largest absolute Gasteiger partial charge is 0.226 e. The van der Waals surface area contributed by atoms with E-state index in [0.717, 1.165) is 6.42 Å². The molecule has 0 bridgehead atoms. The first kappa shape index (κ1) is 11.8. The van der Waals surface area contributed by atoms with E-state index < -0.39 is 0 Å². The van der Waals surface area contributed by atoms with E-state index in [0.29, 0.717) is 0 Å². The molecule has 0 radical (unpaired) electrons. The van der Waals surface area contributed by atoms with Crippen LogP contribution in [0.15, 0.2) is 57.7 Å². The third-order valence-electron chi connectivity index (χ3n) is 2.97. The van der Waals surface area contributed by atoms with E-state index >= 15 is 0 Å². The van der Waals surface area contributed by atoms with Crippen LogP contribution in [0, 0.1) is 0 Å². The lowest BCUT2D eigenvalue weighted by molar-refractivity contribution is 1.31. The normalized spacial score (nSPS) is 19.7. The van der Waals surface area contributed by atoms with Gasteiger partial charge in [0.25, 0.3) is 0 Å². The Morgan fingerprint density at radius 2 is 1.67 bits per heavy atom. The lowest BCUT2D eigenvalue weighted by Crippen LogP contribution is -2.26. The number of alkyl halides is 1. The number of nitrogens with zero attached hydrogens (tertiary/aromatic N) is 1. The molecule has 18 heavy (non-hydrogen) atoms. The molecule has 2 aromatic carbocycles. The highest BCUT2D eigenvalue weighted by Gasteiger charge is 2.02. The van der Waals surface area contributed by atoms with Gasteiger partial charge < -0.3 is 0 Å². The maximum Gasteiger partial charge on any atom is 0.0838 e. The number of fused-ring (bicyclic) bond motifs is 1. The fourth-order valence-electron chi connectivity index (χ4n) is 2.10. The van der Waals surface area contributed by atoms with E-state index in [-0.39, 0.29) is 21.0 Å². The summed E-state index contributed by atoms with van der Waals surface area (Å²) in [5.41, 5.74) is 2.41. The summed E-state index contributed by atoms with van der Waals surface area (Å²) in [7, 11) is 0. The van der Waals surface area contributed by atoms with Gasteiger partial charge in [0.05, 0.1) is 5.70 Å². The Morgan fingerprint density at radius 3 is 2.56 bits per heavy atom. The fraction of sp³-hybridized carbons (Fsp3) is 0.125. The zero-order valence-corrected chi connectivity index (χ0v) is 12.2. The van der Waals surface area contributed by atoms with Crippen molar-refractivity contribution in [1.29, 1.82) is 0 Å². The molecular formula is C16H14IN. The molecule has 1 nitrogen and oxygen atoms in total. The Morgan fingerprint density at radius 1 is 0.889 bits per heavy atom. The Bertz CT molecular complexity index is 687. The van der Waals surface area contributed by atoms with Gasteiger partial charge in [-0.05, 0) is 32.7 Å². The van der Waals surface area contributed by atoms with Crippen molar-refractivity contribution in [3.05, 3.63) is 70.6 Å². The third kappa shape index (κ3) is 2.43. The van der Waals surface area contributed by atoms with E-state index in [4.69, 9.17) is 3.15 Å². The van der Waals surface area contributed by atoms with Gasteiger partial charge in [0.15, 0.2) is 0 Å². The van der Waals surface area contributed by atoms with Crippen molar-refractivity contribution >= 4 is 32.8 Å². The molecule has 0 unspecified atom stereocenters. The minimum atomic E-state index is -0.0658. The van der Waals surface area contributed by atoms with Gasteiger partial charge in [0, 0.05) is 15.2 Å². The first-order chi connectivity index (χ1) is 8.95. The molecule has 0 spiro atoms. The maximum absolute atomic E-state index is 4.90. The van der Waals surface area contributed by atoms with Crippen molar-refractivity contribution in [2.24, 2.45) is 3.15 Å². The molecule has 0 atom stereocenters. The number of halogens is 1. The molecule has 0 saturated heterocycles. The van der Waals surface area contributed by atoms with E-state index in [2.05, 4.69) is 60.7 Å². The average Bonchev–Trinajstić information content (AvgIpc) is 2.41. The van der Waals surface area contributed by atoms with Crippen LogP contribution in [0.2, 0.25) is 0 Å². The van der Waals surface area contributed by atoms with Crippen LogP contribution in [0.3, 0.4) is 0 Å². The summed E-state index contributed by atoms with van der Waals surface area (Å²) in [5.74, 6) is 0. The Hall–Kier alpha value is -1.29. The SMILES string of the molecule is C1=c2/cccc/c2=C(\c2ccccc2)N=ICC/1. The summed E-state index contributed by atoms with van der Waals surface area (Å²) in [6.45, 7) is 0. The van der Waals surface area contributed by atoms with Crippen molar-refractivity contribution in [3.8, 4) is 0 Å². The molecule has 0 amide bonds. The van der Waals surface area contributed by atoms with Crippen LogP contribution >= 0.6 is 21.0 Å². The fourth-order valence-corrected chi connectivity index (χ4v) is 3.81. The van der Waals surface area contributed by atoms with E-state index in [1.807, 2.05) is 0 Å². The van der Waals surface area contributed by atoms with Crippen LogP contribution < -0.4 is 10.4 Å². The lowest BCUT2D eigenvalue weighted by atomic mass is 10.1. The second-order valence-electron chi connectivity index (χ2n) is 4.19. The molecule has 1 heterocycles. The minimum absolute atomic E-state index is 0.0658. The van der Waals surface area contributed by atoms with Gasteiger partial charge in [-0.2, -0.15) is 0 Å². The molecule has 1 aliphatic rings. The van der Waals surface area contributed by atoms with Gasteiger partial charge in [-0.15, -0.1) is 0 Å². The Kier molecular flexibility index (Phi) is 3.64. The van der Waals surface area contributed by atoms with Crippen molar-refractivity contribution in [3.63, 3.8) is 0 Å². The highest BCUT2D eigenvalue weighted by Crippen LogP contribution is 2.18. The maximum atomic E-state index is 4.90. The Labute approximate surface area is 117 Å². The number of hydrogen-bond acceptors (Lipinski definition) is 1. The van der Waals surface area contributed by atoms with Crippen molar-refractivity contribution in [2.45, 2.75) is 6.42 Å². The van der Waals surface area contributed by atoms with Crippen LogP contribution in [0.25, 0.3) is 11.8 Å². The summed E-state index contributed by atoms with van der Waals surface area (Å²) in [5, 5.41) is 2.60. The van der Waals surface area contributed by atoms with Crippen LogP contribution in [-0.4, -0.2) is 4.43 Å². The minimum Gasteiger partial charge on any atom is -0.226 e. The number of rotatable bonds is 1. The molecule has 0 aliphatic carbocycles. The van der Waals surface area contributed by atoms with Gasteiger partial charge in [0.2, 0.25) is 0 Å². The second kappa shape index (κ2) is 5.57. The first-order valence-electron chi connectivity index (χ1n) is 6.09. The standard InChI is InChI=1S/C16H14IN/c1-2-8-14(9-3-1)16-15-11-5-4-7-13(15)10-6-12-17-18-16/h1-5,7-11H,6,12H2/b13-10-,16-15-. The molecule has 0 fully saturated rings. The molecule has 1 aliphatic heterocycles. The smallest absolute Gasteiger partial charge is 0.0838 e. The summed E-state index contributed by atoms with van der Waals surface area (Å²) >= 11 is -0.0658. The van der Waals surface area contributed by atoms with Crippen LogP contribution in [0.5, 0.6) is 0 Å². The second-order valence-corrected chi connectivity index (χ2v) is 6.43. The first-order valence-corrected chi connectivity index (χ1v) is 8.59. The topological polar surface area (TPSA) is 12.4 Å². The molecule has 0 aromatic heterocycles. The average molecular weight is 347 g/mol.